The number of alkyl halides is 3. The highest BCUT2D eigenvalue weighted by molar-refractivity contribution is 7.88. The Labute approximate surface area is 178 Å². The van der Waals surface area contributed by atoms with Gasteiger partial charge in [-0.25, -0.2) is 17.6 Å². The van der Waals surface area contributed by atoms with Crippen LogP contribution in [-0.4, -0.2) is 13.9 Å². The van der Waals surface area contributed by atoms with Crippen LogP contribution in [0.4, 0.5) is 30.7 Å². The highest BCUT2D eigenvalue weighted by Crippen LogP contribution is 2.36. The molecule has 3 nitrogen and oxygen atoms in total. The van der Waals surface area contributed by atoms with E-state index in [-0.39, 0.29) is 10.9 Å². The first-order valence-corrected chi connectivity index (χ1v) is 10.7. The number of hydrogen-bond donors (Lipinski definition) is 0. The van der Waals surface area contributed by atoms with Gasteiger partial charge < -0.3 is 4.18 Å². The first-order chi connectivity index (χ1) is 14.9. The second-order valence-corrected chi connectivity index (χ2v) is 8.49. The van der Waals surface area contributed by atoms with Gasteiger partial charge in [0.25, 0.3) is 0 Å². The molecule has 172 valence electrons. The molecule has 0 aliphatic heterocycles. The van der Waals surface area contributed by atoms with E-state index in [4.69, 9.17) is 0 Å². The maximum absolute atomic E-state index is 14.6. The van der Waals surface area contributed by atoms with Crippen LogP contribution in [-0.2, 0) is 16.5 Å². The van der Waals surface area contributed by atoms with Crippen LogP contribution in [0.2, 0.25) is 0 Å². The lowest BCUT2D eigenvalue weighted by atomic mass is 9.97. The highest BCUT2D eigenvalue weighted by atomic mass is 32.2. The summed E-state index contributed by atoms with van der Waals surface area (Å²) in [7, 11) is -6.19. The molecule has 0 atom stereocenters. The second kappa shape index (κ2) is 8.61. The molecule has 0 fully saturated rings. The molecular weight excluding hydrogens is 465 g/mol. The average molecular weight is 480 g/mol. The SMILES string of the molecule is CCCCc1cc(F)c(-c2cc(F)c3c(F)c(OS(=O)(=O)C(F)(F)F)ccc3c2)c(F)c1. The molecule has 0 aliphatic rings. The lowest BCUT2D eigenvalue weighted by Gasteiger charge is -2.13. The summed E-state index contributed by atoms with van der Waals surface area (Å²) in [5.74, 6) is -6.40. The van der Waals surface area contributed by atoms with E-state index in [9.17, 15) is 39.2 Å². The zero-order valence-corrected chi connectivity index (χ0v) is 17.2. The molecule has 0 N–H and O–H groups in total. The maximum Gasteiger partial charge on any atom is 0.534 e. The van der Waals surface area contributed by atoms with Crippen LogP contribution in [0.5, 0.6) is 5.75 Å². The molecule has 0 aliphatic carbocycles. The van der Waals surface area contributed by atoms with Crippen LogP contribution in [0.25, 0.3) is 21.9 Å². The Hall–Kier alpha value is -2.82. The van der Waals surface area contributed by atoms with Crippen LogP contribution in [0.3, 0.4) is 0 Å². The molecule has 0 saturated carbocycles. The fraction of sp³-hybridized carbons (Fsp3) is 0.238. The van der Waals surface area contributed by atoms with Crippen molar-refractivity contribution in [2.45, 2.75) is 31.7 Å². The molecule has 0 amide bonds. The van der Waals surface area contributed by atoms with E-state index in [1.165, 1.54) is 0 Å². The minimum atomic E-state index is -6.19. The molecule has 0 spiro atoms. The van der Waals surface area contributed by atoms with Crippen molar-refractivity contribution < 1.29 is 43.3 Å². The van der Waals surface area contributed by atoms with Crippen molar-refractivity contribution in [2.24, 2.45) is 0 Å². The highest BCUT2D eigenvalue weighted by Gasteiger charge is 2.49. The third-order valence-electron chi connectivity index (χ3n) is 4.66. The number of rotatable bonds is 6. The van der Waals surface area contributed by atoms with Crippen LogP contribution < -0.4 is 4.18 Å². The lowest BCUT2D eigenvalue weighted by Crippen LogP contribution is -2.28. The number of aryl methyl sites for hydroxylation is 1. The van der Waals surface area contributed by atoms with Gasteiger partial charge in [0.05, 0.1) is 10.9 Å². The molecule has 3 rings (SSSR count). The molecular formula is C21H15F7O3S. The van der Waals surface area contributed by atoms with Crippen LogP contribution in [0.15, 0.2) is 36.4 Å². The van der Waals surface area contributed by atoms with Gasteiger partial charge >= 0.3 is 15.6 Å². The lowest BCUT2D eigenvalue weighted by molar-refractivity contribution is -0.0500. The molecule has 0 heterocycles. The predicted molar refractivity (Wildman–Crippen MR) is 103 cm³/mol. The van der Waals surface area contributed by atoms with E-state index in [0.29, 0.717) is 30.5 Å². The summed E-state index contributed by atoms with van der Waals surface area (Å²) in [4.78, 5) is 0. The Morgan fingerprint density at radius 3 is 2.09 bits per heavy atom. The molecule has 0 bridgehead atoms. The summed E-state index contributed by atoms with van der Waals surface area (Å²) in [5.41, 5.74) is -6.25. The number of fused-ring (bicyclic) bond motifs is 1. The van der Waals surface area contributed by atoms with E-state index in [2.05, 4.69) is 4.18 Å². The Morgan fingerprint density at radius 2 is 1.53 bits per heavy atom. The summed E-state index contributed by atoms with van der Waals surface area (Å²) >= 11 is 0. The molecule has 0 saturated heterocycles. The number of hydrogen-bond acceptors (Lipinski definition) is 3. The van der Waals surface area contributed by atoms with Crippen molar-refractivity contribution in [3.05, 3.63) is 65.2 Å². The maximum atomic E-state index is 14.6. The Bertz CT molecular complexity index is 1260. The molecule has 32 heavy (non-hydrogen) atoms. The van der Waals surface area contributed by atoms with Crippen molar-refractivity contribution in [3.63, 3.8) is 0 Å². The summed E-state index contributed by atoms with van der Waals surface area (Å²) in [5, 5.41) is -1.17. The minimum absolute atomic E-state index is 0.275. The minimum Gasteiger partial charge on any atom is -0.373 e. The largest absolute Gasteiger partial charge is 0.534 e. The summed E-state index contributed by atoms with van der Waals surface area (Å²) in [6.07, 6.45) is 1.95. The van der Waals surface area contributed by atoms with Gasteiger partial charge in [0.1, 0.15) is 17.5 Å². The Kier molecular flexibility index (Phi) is 6.41. The number of benzene rings is 3. The quantitative estimate of drug-likeness (QED) is 0.226. The molecule has 11 heteroatoms. The van der Waals surface area contributed by atoms with Gasteiger partial charge in [-0.3, -0.25) is 0 Å². The fourth-order valence-corrected chi connectivity index (χ4v) is 3.61. The van der Waals surface area contributed by atoms with Crippen molar-refractivity contribution in [1.29, 1.82) is 0 Å². The molecule has 3 aromatic rings. The fourth-order valence-electron chi connectivity index (χ4n) is 3.15. The van der Waals surface area contributed by atoms with Crippen molar-refractivity contribution >= 4 is 20.9 Å². The topological polar surface area (TPSA) is 43.4 Å². The summed E-state index contributed by atoms with van der Waals surface area (Å²) in [6.45, 7) is 1.91. The average Bonchev–Trinajstić information content (AvgIpc) is 2.67. The van der Waals surface area contributed by atoms with E-state index < -0.39 is 55.6 Å². The third kappa shape index (κ3) is 4.52. The first-order valence-electron chi connectivity index (χ1n) is 9.26. The van der Waals surface area contributed by atoms with E-state index in [0.717, 1.165) is 30.7 Å². The predicted octanol–water partition coefficient (Wildman–Crippen LogP) is 6.63. The number of unbranched alkanes of at least 4 members (excludes halogenated alkanes) is 1. The standard InChI is InChI=1S/C21H15F7O3S/c1-2-3-4-11-7-14(22)18(15(23)8-11)13-9-12-5-6-17(20(25)19(12)16(24)10-13)31-32(29,30)21(26,27)28/h5-10H,2-4H2,1H3. The number of halogens is 7. The molecule has 0 aromatic heterocycles. The van der Waals surface area contributed by atoms with Crippen LogP contribution in [0.1, 0.15) is 25.3 Å². The summed E-state index contributed by atoms with van der Waals surface area (Å²) < 4.78 is 122. The first kappa shape index (κ1) is 23.8. The van der Waals surface area contributed by atoms with Crippen molar-refractivity contribution in [1.82, 2.24) is 0 Å². The van der Waals surface area contributed by atoms with Gasteiger partial charge in [0, 0.05) is 0 Å². The van der Waals surface area contributed by atoms with Gasteiger partial charge in [0.15, 0.2) is 11.6 Å². The Balaban J connectivity index is 2.09. The zero-order chi connectivity index (χ0) is 23.8. The van der Waals surface area contributed by atoms with E-state index in [1.807, 2.05) is 6.92 Å². The second-order valence-electron chi connectivity index (χ2n) is 6.96. The molecule has 3 aromatic carbocycles. The molecule has 0 radical (unpaired) electrons. The molecule has 0 unspecified atom stereocenters. The van der Waals surface area contributed by atoms with Gasteiger partial charge in [-0.2, -0.15) is 21.6 Å². The summed E-state index contributed by atoms with van der Waals surface area (Å²) in [6, 6.07) is 5.26. The van der Waals surface area contributed by atoms with Gasteiger partial charge in [-0.05, 0) is 59.7 Å². The van der Waals surface area contributed by atoms with Crippen molar-refractivity contribution in [3.8, 4) is 16.9 Å². The van der Waals surface area contributed by atoms with Gasteiger partial charge in [-0.15, -0.1) is 0 Å². The normalized spacial score (nSPS) is 12.4. The van der Waals surface area contributed by atoms with E-state index >= 15 is 0 Å². The van der Waals surface area contributed by atoms with Crippen LogP contribution in [0, 0.1) is 23.3 Å². The third-order valence-corrected chi connectivity index (χ3v) is 5.63. The smallest absolute Gasteiger partial charge is 0.373 e. The monoisotopic (exact) mass is 480 g/mol. The van der Waals surface area contributed by atoms with E-state index in [1.54, 1.807) is 0 Å². The Morgan fingerprint density at radius 1 is 0.906 bits per heavy atom. The van der Waals surface area contributed by atoms with Crippen LogP contribution >= 0.6 is 0 Å². The zero-order valence-electron chi connectivity index (χ0n) is 16.4. The van der Waals surface area contributed by atoms with Gasteiger partial charge in [-0.1, -0.05) is 19.4 Å². The van der Waals surface area contributed by atoms with Crippen molar-refractivity contribution in [2.75, 3.05) is 0 Å². The van der Waals surface area contributed by atoms with Gasteiger partial charge in [0.2, 0.25) is 0 Å².